The van der Waals surface area contributed by atoms with E-state index in [0.717, 1.165) is 25.7 Å². The van der Waals surface area contributed by atoms with Crippen LogP contribution in [-0.2, 0) is 9.59 Å². The zero-order valence-electron chi connectivity index (χ0n) is 9.74. The summed E-state index contributed by atoms with van der Waals surface area (Å²) in [7, 11) is 0. The van der Waals surface area contributed by atoms with Gasteiger partial charge in [0, 0.05) is 12.8 Å². The van der Waals surface area contributed by atoms with Crippen molar-refractivity contribution in [1.29, 1.82) is 0 Å². The molecule has 0 radical (unpaired) electrons. The molecule has 4 nitrogen and oxygen atoms in total. The van der Waals surface area contributed by atoms with Crippen LogP contribution in [0, 0.1) is 11.3 Å². The van der Waals surface area contributed by atoms with Gasteiger partial charge in [-0.3, -0.25) is 9.59 Å². The minimum atomic E-state index is -0.891. The molecule has 2 N–H and O–H groups in total. The topological polar surface area (TPSA) is 74.6 Å². The summed E-state index contributed by atoms with van der Waals surface area (Å²) in [4.78, 5) is 21.6. The van der Waals surface area contributed by atoms with Gasteiger partial charge in [0.25, 0.3) is 0 Å². The summed E-state index contributed by atoms with van der Waals surface area (Å²) in [5, 5.41) is 17.7. The van der Waals surface area contributed by atoms with E-state index in [0.29, 0.717) is 0 Å². The first-order valence-corrected chi connectivity index (χ1v) is 5.87. The number of carboxylic acids is 2. The van der Waals surface area contributed by atoms with Crippen LogP contribution in [0.25, 0.3) is 0 Å². The summed E-state index contributed by atoms with van der Waals surface area (Å²) in [6.45, 7) is 2.04. The Hall–Kier alpha value is -1.06. The Morgan fingerprint density at radius 3 is 1.88 bits per heavy atom. The van der Waals surface area contributed by atoms with E-state index in [-0.39, 0.29) is 24.2 Å². The van der Waals surface area contributed by atoms with Crippen LogP contribution in [0.2, 0.25) is 0 Å². The molecule has 0 amide bonds. The van der Waals surface area contributed by atoms with E-state index in [1.807, 2.05) is 6.92 Å². The highest BCUT2D eigenvalue weighted by Gasteiger charge is 2.37. The molecular weight excluding hydrogens is 208 g/mol. The van der Waals surface area contributed by atoms with Crippen LogP contribution in [0.3, 0.4) is 0 Å². The van der Waals surface area contributed by atoms with Gasteiger partial charge >= 0.3 is 11.9 Å². The summed E-state index contributed by atoms with van der Waals surface area (Å²) in [6.07, 6.45) is 5.23. The molecule has 0 saturated heterocycles. The molecule has 1 saturated carbocycles. The monoisotopic (exact) mass is 228 g/mol. The summed E-state index contributed by atoms with van der Waals surface area (Å²) in [6, 6.07) is 0. The van der Waals surface area contributed by atoms with Crippen molar-refractivity contribution in [2.45, 2.75) is 51.9 Å². The highest BCUT2D eigenvalue weighted by Crippen LogP contribution is 2.45. The lowest BCUT2D eigenvalue weighted by Crippen LogP contribution is -2.33. The number of aliphatic carboxylic acids is 2. The van der Waals surface area contributed by atoms with Crippen LogP contribution in [0.4, 0.5) is 0 Å². The molecule has 0 aromatic heterocycles. The predicted molar refractivity (Wildman–Crippen MR) is 59.2 cm³/mol. The number of hydrogen-bond acceptors (Lipinski definition) is 2. The number of rotatable bonds is 5. The zero-order chi connectivity index (χ0) is 12.2. The number of carboxylic acid groups (broad SMARTS) is 2. The van der Waals surface area contributed by atoms with Crippen molar-refractivity contribution in [1.82, 2.24) is 0 Å². The van der Waals surface area contributed by atoms with Crippen molar-refractivity contribution in [2.24, 2.45) is 11.3 Å². The minimum Gasteiger partial charge on any atom is -0.481 e. The van der Waals surface area contributed by atoms with Gasteiger partial charge < -0.3 is 10.2 Å². The van der Waals surface area contributed by atoms with Crippen molar-refractivity contribution >= 4 is 11.9 Å². The molecule has 0 aliphatic heterocycles. The fourth-order valence-electron chi connectivity index (χ4n) is 2.75. The van der Waals surface area contributed by atoms with Crippen molar-refractivity contribution in [2.75, 3.05) is 0 Å². The van der Waals surface area contributed by atoms with Crippen LogP contribution < -0.4 is 0 Å². The van der Waals surface area contributed by atoms with E-state index in [4.69, 9.17) is 10.2 Å². The molecule has 0 spiro atoms. The van der Waals surface area contributed by atoms with Crippen LogP contribution in [0.5, 0.6) is 0 Å². The first-order chi connectivity index (χ1) is 7.44. The highest BCUT2D eigenvalue weighted by molar-refractivity contribution is 5.71. The third-order valence-electron chi connectivity index (χ3n) is 3.82. The lowest BCUT2D eigenvalue weighted by Gasteiger charge is -2.39. The Labute approximate surface area is 95.7 Å². The minimum absolute atomic E-state index is 0.0250. The molecule has 1 fully saturated rings. The standard InChI is InChI=1S/C12H20O4/c1-12(5-3-2-4-6-12)9(7-10(13)14)8-11(15)16/h9H,2-8H2,1H3,(H,13,14)(H,15,16). The van der Waals surface area contributed by atoms with Crippen molar-refractivity contribution in [3.63, 3.8) is 0 Å². The third kappa shape index (κ3) is 3.51. The second-order valence-corrected chi connectivity index (χ2v) is 5.11. The van der Waals surface area contributed by atoms with Gasteiger partial charge in [-0.2, -0.15) is 0 Å². The Morgan fingerprint density at radius 2 is 1.50 bits per heavy atom. The number of carbonyl (C=O) groups is 2. The van der Waals surface area contributed by atoms with E-state index in [1.165, 1.54) is 6.42 Å². The fourth-order valence-corrected chi connectivity index (χ4v) is 2.75. The van der Waals surface area contributed by atoms with Crippen molar-refractivity contribution in [3.8, 4) is 0 Å². The largest absolute Gasteiger partial charge is 0.481 e. The highest BCUT2D eigenvalue weighted by atomic mass is 16.4. The zero-order valence-corrected chi connectivity index (χ0v) is 9.74. The normalized spacial score (nSPS) is 19.6. The van der Waals surface area contributed by atoms with Gasteiger partial charge in [-0.25, -0.2) is 0 Å². The fraction of sp³-hybridized carbons (Fsp3) is 0.833. The quantitative estimate of drug-likeness (QED) is 0.758. The van der Waals surface area contributed by atoms with Gasteiger partial charge in [0.15, 0.2) is 0 Å². The molecule has 1 rings (SSSR count). The van der Waals surface area contributed by atoms with Gasteiger partial charge in [0.2, 0.25) is 0 Å². The van der Waals surface area contributed by atoms with Gasteiger partial charge in [-0.15, -0.1) is 0 Å². The first-order valence-electron chi connectivity index (χ1n) is 5.87. The molecule has 0 atom stereocenters. The van der Waals surface area contributed by atoms with E-state index >= 15 is 0 Å². The molecule has 16 heavy (non-hydrogen) atoms. The second-order valence-electron chi connectivity index (χ2n) is 5.11. The van der Waals surface area contributed by atoms with Gasteiger partial charge in [-0.05, 0) is 24.2 Å². The summed E-state index contributed by atoms with van der Waals surface area (Å²) in [5.41, 5.74) is -0.102. The summed E-state index contributed by atoms with van der Waals surface area (Å²) in [5.74, 6) is -2.01. The molecule has 0 aromatic carbocycles. The molecule has 0 bridgehead atoms. The maximum atomic E-state index is 10.8. The van der Waals surface area contributed by atoms with Crippen LogP contribution >= 0.6 is 0 Å². The molecule has 92 valence electrons. The molecule has 4 heteroatoms. The predicted octanol–water partition coefficient (Wildman–Crippen LogP) is 2.52. The van der Waals surface area contributed by atoms with E-state index in [2.05, 4.69) is 0 Å². The Bertz CT molecular complexity index is 250. The molecule has 1 aliphatic carbocycles. The number of hydrogen-bond donors (Lipinski definition) is 2. The molecule has 1 aliphatic rings. The van der Waals surface area contributed by atoms with E-state index in [9.17, 15) is 9.59 Å². The average Bonchev–Trinajstić information content (AvgIpc) is 2.16. The summed E-state index contributed by atoms with van der Waals surface area (Å²) < 4.78 is 0. The average molecular weight is 228 g/mol. The van der Waals surface area contributed by atoms with E-state index < -0.39 is 11.9 Å². The van der Waals surface area contributed by atoms with Crippen molar-refractivity contribution in [3.05, 3.63) is 0 Å². The molecular formula is C12H20O4. The maximum absolute atomic E-state index is 10.8. The second kappa shape index (κ2) is 5.32. The summed E-state index contributed by atoms with van der Waals surface area (Å²) >= 11 is 0. The van der Waals surface area contributed by atoms with Crippen LogP contribution in [-0.4, -0.2) is 22.2 Å². The van der Waals surface area contributed by atoms with Crippen molar-refractivity contribution < 1.29 is 19.8 Å². The van der Waals surface area contributed by atoms with Gasteiger partial charge in [-0.1, -0.05) is 26.2 Å². The SMILES string of the molecule is CC1(C(CC(=O)O)CC(=O)O)CCCCC1. The molecule has 0 unspecified atom stereocenters. The Morgan fingerprint density at radius 1 is 1.06 bits per heavy atom. The lowest BCUT2D eigenvalue weighted by molar-refractivity contribution is -0.143. The maximum Gasteiger partial charge on any atom is 0.303 e. The first kappa shape index (κ1) is 13.0. The van der Waals surface area contributed by atoms with Gasteiger partial charge in [0.1, 0.15) is 0 Å². The Balaban J connectivity index is 2.72. The lowest BCUT2D eigenvalue weighted by atomic mass is 9.65. The third-order valence-corrected chi connectivity index (χ3v) is 3.82. The van der Waals surface area contributed by atoms with Crippen LogP contribution in [0.1, 0.15) is 51.9 Å². The molecule has 0 heterocycles. The van der Waals surface area contributed by atoms with Gasteiger partial charge in [0.05, 0.1) is 0 Å². The van der Waals surface area contributed by atoms with E-state index in [1.54, 1.807) is 0 Å². The van der Waals surface area contributed by atoms with Crippen LogP contribution in [0.15, 0.2) is 0 Å². The smallest absolute Gasteiger partial charge is 0.303 e. The molecule has 0 aromatic rings. The Kier molecular flexibility index (Phi) is 4.33.